The lowest BCUT2D eigenvalue weighted by Crippen LogP contribution is -2.00. The van der Waals surface area contributed by atoms with Crippen LogP contribution in [0.25, 0.3) is 11.3 Å². The van der Waals surface area contributed by atoms with Crippen LogP contribution in [-0.2, 0) is 0 Å². The van der Waals surface area contributed by atoms with Gasteiger partial charge >= 0.3 is 0 Å². The van der Waals surface area contributed by atoms with E-state index in [-0.39, 0.29) is 11.5 Å². The molecule has 0 aliphatic carbocycles. The first-order chi connectivity index (χ1) is 12.1. The van der Waals surface area contributed by atoms with E-state index < -0.39 is 0 Å². The summed E-state index contributed by atoms with van der Waals surface area (Å²) in [6.07, 6.45) is 0. The van der Waals surface area contributed by atoms with Gasteiger partial charge in [-0.25, -0.2) is 4.98 Å². The third-order valence-electron chi connectivity index (χ3n) is 3.58. The predicted molar refractivity (Wildman–Crippen MR) is 99.7 cm³/mol. The van der Waals surface area contributed by atoms with Crippen LogP contribution in [-0.4, -0.2) is 28.0 Å². The van der Waals surface area contributed by atoms with Crippen LogP contribution in [0.1, 0.15) is 12.5 Å². The minimum absolute atomic E-state index is 0.00562. The molecule has 0 atom stereocenters. The number of rotatable bonds is 5. The summed E-state index contributed by atoms with van der Waals surface area (Å²) in [7, 11) is 1.63. The second-order valence-electron chi connectivity index (χ2n) is 5.28. The van der Waals surface area contributed by atoms with E-state index in [4.69, 9.17) is 4.74 Å². The zero-order valence-electron chi connectivity index (χ0n) is 13.7. The number of hydrogen-bond donors (Lipinski definition) is 3. The smallest absolute Gasteiger partial charge is 0.203 e. The van der Waals surface area contributed by atoms with Gasteiger partial charge in [0.2, 0.25) is 5.13 Å². The molecule has 7 heteroatoms. The van der Waals surface area contributed by atoms with Gasteiger partial charge in [0.25, 0.3) is 0 Å². The molecule has 0 spiro atoms. The average molecular weight is 355 g/mol. The van der Waals surface area contributed by atoms with E-state index in [1.165, 1.54) is 23.5 Å². The molecule has 0 amide bonds. The molecule has 0 saturated carbocycles. The number of ether oxygens (including phenoxy) is 1. The van der Waals surface area contributed by atoms with Crippen molar-refractivity contribution in [2.24, 2.45) is 5.10 Å². The molecular formula is C18H17N3O3S. The largest absolute Gasteiger partial charge is 0.508 e. The lowest BCUT2D eigenvalue weighted by atomic mass is 10.1. The van der Waals surface area contributed by atoms with Crippen LogP contribution in [0.2, 0.25) is 0 Å². The molecule has 0 aliphatic rings. The molecule has 3 N–H and O–H groups in total. The Morgan fingerprint density at radius 3 is 2.60 bits per heavy atom. The van der Waals surface area contributed by atoms with Crippen molar-refractivity contribution in [2.45, 2.75) is 6.92 Å². The number of anilines is 1. The van der Waals surface area contributed by atoms with Crippen LogP contribution in [0, 0.1) is 0 Å². The third kappa shape index (κ3) is 3.89. The maximum absolute atomic E-state index is 9.86. The number of phenolic OH excluding ortho intramolecular Hbond substituents is 2. The number of benzene rings is 2. The summed E-state index contributed by atoms with van der Waals surface area (Å²) in [6, 6.07) is 12.0. The fraction of sp³-hybridized carbons (Fsp3) is 0.111. The second-order valence-corrected chi connectivity index (χ2v) is 6.13. The number of methoxy groups -OCH3 is 1. The Bertz CT molecular complexity index is 904. The minimum Gasteiger partial charge on any atom is -0.508 e. The Balaban J connectivity index is 1.74. The maximum Gasteiger partial charge on any atom is 0.203 e. The predicted octanol–water partition coefficient (Wildman–Crippen LogP) is 4.07. The first-order valence-electron chi connectivity index (χ1n) is 7.49. The molecule has 3 rings (SSSR count). The summed E-state index contributed by atoms with van der Waals surface area (Å²) in [5, 5.41) is 26.0. The molecule has 128 valence electrons. The Labute approximate surface area is 149 Å². The van der Waals surface area contributed by atoms with Crippen molar-refractivity contribution in [1.82, 2.24) is 4.98 Å². The van der Waals surface area contributed by atoms with Gasteiger partial charge in [-0.2, -0.15) is 5.10 Å². The molecule has 1 aromatic heterocycles. The molecule has 25 heavy (non-hydrogen) atoms. The number of hydrogen-bond acceptors (Lipinski definition) is 7. The zero-order chi connectivity index (χ0) is 17.8. The number of aromatic nitrogens is 1. The monoisotopic (exact) mass is 355 g/mol. The summed E-state index contributed by atoms with van der Waals surface area (Å²) in [5.74, 6) is 0.776. The number of thiazole rings is 1. The van der Waals surface area contributed by atoms with Gasteiger partial charge in [0.05, 0.1) is 18.5 Å². The van der Waals surface area contributed by atoms with Crippen LogP contribution in [0.5, 0.6) is 17.2 Å². The van der Waals surface area contributed by atoms with Gasteiger partial charge < -0.3 is 14.9 Å². The second kappa shape index (κ2) is 7.23. The van der Waals surface area contributed by atoms with Gasteiger partial charge in [-0.15, -0.1) is 11.3 Å². The van der Waals surface area contributed by atoms with Gasteiger partial charge in [-0.05, 0) is 43.3 Å². The minimum atomic E-state index is -0.0267. The highest BCUT2D eigenvalue weighted by atomic mass is 32.1. The van der Waals surface area contributed by atoms with Crippen molar-refractivity contribution < 1.29 is 14.9 Å². The number of hydrazone groups is 1. The molecule has 0 bridgehead atoms. The molecule has 2 aromatic carbocycles. The van der Waals surface area contributed by atoms with E-state index in [1.807, 2.05) is 29.6 Å². The highest BCUT2D eigenvalue weighted by molar-refractivity contribution is 7.14. The van der Waals surface area contributed by atoms with Gasteiger partial charge in [-0.3, -0.25) is 5.43 Å². The number of phenols is 2. The van der Waals surface area contributed by atoms with E-state index in [1.54, 1.807) is 20.1 Å². The van der Waals surface area contributed by atoms with Crippen molar-refractivity contribution in [3.63, 3.8) is 0 Å². The molecule has 3 aromatic rings. The molecule has 0 fully saturated rings. The van der Waals surface area contributed by atoms with E-state index in [2.05, 4.69) is 15.5 Å². The first kappa shape index (κ1) is 16.8. The van der Waals surface area contributed by atoms with Crippen molar-refractivity contribution in [2.75, 3.05) is 12.5 Å². The lowest BCUT2D eigenvalue weighted by molar-refractivity contribution is 0.415. The highest BCUT2D eigenvalue weighted by Gasteiger charge is 2.07. The van der Waals surface area contributed by atoms with Crippen molar-refractivity contribution in [3.8, 4) is 28.5 Å². The standard InChI is InChI=1S/C18H17N3O3S/c1-11(15-8-5-13(22)9-17(15)23)20-21-18-19-16(10-25-18)12-3-6-14(24-2)7-4-12/h3-10,22-23H,1-2H3,(H,19,21)/b20-11-. The topological polar surface area (TPSA) is 87.0 Å². The SMILES string of the molecule is COc1ccc(-c2csc(N/N=C(/C)c3ccc(O)cc3O)n2)cc1. The Morgan fingerprint density at radius 1 is 1.16 bits per heavy atom. The summed E-state index contributed by atoms with van der Waals surface area (Å²) < 4.78 is 5.15. The Hall–Kier alpha value is -3.06. The number of nitrogens with zero attached hydrogens (tertiary/aromatic N) is 2. The third-order valence-corrected chi connectivity index (χ3v) is 4.33. The highest BCUT2D eigenvalue weighted by Crippen LogP contribution is 2.27. The fourth-order valence-corrected chi connectivity index (χ4v) is 2.90. The molecule has 0 radical (unpaired) electrons. The summed E-state index contributed by atoms with van der Waals surface area (Å²) in [6.45, 7) is 1.76. The van der Waals surface area contributed by atoms with Crippen molar-refractivity contribution >= 4 is 22.2 Å². The Kier molecular flexibility index (Phi) is 4.85. The number of nitrogens with one attached hydrogen (secondary N) is 1. The number of aromatic hydroxyl groups is 2. The molecular weight excluding hydrogens is 338 g/mol. The van der Waals surface area contributed by atoms with Crippen LogP contribution in [0.15, 0.2) is 52.9 Å². The van der Waals surface area contributed by atoms with Gasteiger partial charge in [-0.1, -0.05) is 0 Å². The maximum atomic E-state index is 9.86. The van der Waals surface area contributed by atoms with E-state index in [0.717, 1.165) is 17.0 Å². The van der Waals surface area contributed by atoms with Gasteiger partial charge in [0.1, 0.15) is 17.2 Å². The quantitative estimate of drug-likeness (QED) is 0.474. The van der Waals surface area contributed by atoms with Crippen molar-refractivity contribution in [1.29, 1.82) is 0 Å². The van der Waals surface area contributed by atoms with Crippen LogP contribution < -0.4 is 10.2 Å². The zero-order valence-corrected chi connectivity index (χ0v) is 14.5. The van der Waals surface area contributed by atoms with E-state index in [9.17, 15) is 10.2 Å². The summed E-state index contributed by atoms with van der Waals surface area (Å²) in [5.41, 5.74) is 5.85. The lowest BCUT2D eigenvalue weighted by Gasteiger charge is -2.04. The Morgan fingerprint density at radius 2 is 1.92 bits per heavy atom. The van der Waals surface area contributed by atoms with E-state index >= 15 is 0 Å². The van der Waals surface area contributed by atoms with Crippen LogP contribution >= 0.6 is 11.3 Å². The molecule has 0 saturated heterocycles. The molecule has 0 aliphatic heterocycles. The molecule has 0 unspecified atom stereocenters. The van der Waals surface area contributed by atoms with Crippen molar-refractivity contribution in [3.05, 3.63) is 53.4 Å². The normalized spacial score (nSPS) is 11.4. The van der Waals surface area contributed by atoms with Crippen LogP contribution in [0.4, 0.5) is 5.13 Å². The summed E-state index contributed by atoms with van der Waals surface area (Å²) in [4.78, 5) is 4.50. The van der Waals surface area contributed by atoms with E-state index in [0.29, 0.717) is 16.4 Å². The summed E-state index contributed by atoms with van der Waals surface area (Å²) >= 11 is 1.44. The van der Waals surface area contributed by atoms with Gasteiger partial charge in [0, 0.05) is 22.6 Å². The fourth-order valence-electron chi connectivity index (χ4n) is 2.24. The van der Waals surface area contributed by atoms with Crippen LogP contribution in [0.3, 0.4) is 0 Å². The van der Waals surface area contributed by atoms with Gasteiger partial charge in [0.15, 0.2) is 0 Å². The average Bonchev–Trinajstić information content (AvgIpc) is 3.09. The molecule has 6 nitrogen and oxygen atoms in total. The molecule has 1 heterocycles. The first-order valence-corrected chi connectivity index (χ1v) is 8.37.